The molecule has 0 radical (unpaired) electrons. The normalized spacial score (nSPS) is 11.1. The number of aromatic nitrogens is 2. The largest absolute Gasteiger partial charge is 0.491 e. The van der Waals surface area contributed by atoms with Crippen LogP contribution < -0.4 is 10.5 Å². The molecule has 0 spiro atoms. The third kappa shape index (κ3) is 2.79. The lowest BCUT2D eigenvalue weighted by Crippen LogP contribution is -2.06. The van der Waals surface area contributed by atoms with Gasteiger partial charge in [0.05, 0.1) is 17.5 Å². The highest BCUT2D eigenvalue weighted by atomic mass is 16.5. The molecule has 0 aliphatic carbocycles. The molecule has 4 heteroatoms. The number of rotatable bonds is 4. The fourth-order valence-corrected chi connectivity index (χ4v) is 2.17. The fraction of sp³-hybridized carbons (Fsp3) is 0.400. The first-order valence-corrected chi connectivity index (χ1v) is 6.52. The summed E-state index contributed by atoms with van der Waals surface area (Å²) < 4.78 is 7.69. The lowest BCUT2D eigenvalue weighted by Gasteiger charge is -2.10. The number of nitrogens with zero attached hydrogens (tertiary/aromatic N) is 2. The van der Waals surface area contributed by atoms with Gasteiger partial charge in [0, 0.05) is 19.2 Å². The van der Waals surface area contributed by atoms with Crippen LogP contribution in [0.2, 0.25) is 0 Å². The summed E-state index contributed by atoms with van der Waals surface area (Å²) in [5.41, 5.74) is 8.87. The molecule has 0 aliphatic rings. The number of hydrogen-bond acceptors (Lipinski definition) is 3. The van der Waals surface area contributed by atoms with Gasteiger partial charge in [-0.25, -0.2) is 4.98 Å². The SMILES string of the molecule is Cc1nc(-c2ccc(OC(C)C)cc2)n(C)c1CN. The molecule has 0 saturated heterocycles. The molecule has 2 aromatic rings. The zero-order valence-corrected chi connectivity index (χ0v) is 12.0. The summed E-state index contributed by atoms with van der Waals surface area (Å²) in [6, 6.07) is 8.00. The predicted octanol–water partition coefficient (Wildman–Crippen LogP) is 2.64. The van der Waals surface area contributed by atoms with Crippen LogP contribution in [0.25, 0.3) is 11.4 Å². The topological polar surface area (TPSA) is 53.1 Å². The smallest absolute Gasteiger partial charge is 0.140 e. The van der Waals surface area contributed by atoms with E-state index in [2.05, 4.69) is 4.98 Å². The van der Waals surface area contributed by atoms with Crippen LogP contribution in [0.3, 0.4) is 0 Å². The Morgan fingerprint density at radius 1 is 1.26 bits per heavy atom. The molecular weight excluding hydrogens is 238 g/mol. The van der Waals surface area contributed by atoms with Crippen molar-refractivity contribution in [1.82, 2.24) is 9.55 Å². The molecule has 1 aromatic carbocycles. The lowest BCUT2D eigenvalue weighted by atomic mass is 10.2. The zero-order valence-electron chi connectivity index (χ0n) is 12.0. The van der Waals surface area contributed by atoms with Crippen molar-refractivity contribution < 1.29 is 4.74 Å². The highest BCUT2D eigenvalue weighted by molar-refractivity contribution is 5.58. The van der Waals surface area contributed by atoms with E-state index in [1.807, 2.05) is 56.7 Å². The molecule has 0 atom stereocenters. The van der Waals surface area contributed by atoms with Crippen molar-refractivity contribution in [1.29, 1.82) is 0 Å². The number of hydrogen-bond donors (Lipinski definition) is 1. The number of imidazole rings is 1. The van der Waals surface area contributed by atoms with Crippen molar-refractivity contribution in [2.75, 3.05) is 0 Å². The average molecular weight is 259 g/mol. The van der Waals surface area contributed by atoms with Gasteiger partial charge in [-0.15, -0.1) is 0 Å². The van der Waals surface area contributed by atoms with Gasteiger partial charge in [0.1, 0.15) is 11.6 Å². The van der Waals surface area contributed by atoms with Crippen molar-refractivity contribution >= 4 is 0 Å². The minimum absolute atomic E-state index is 0.185. The fourth-order valence-electron chi connectivity index (χ4n) is 2.17. The molecule has 2 N–H and O–H groups in total. The van der Waals surface area contributed by atoms with Gasteiger partial charge in [0.25, 0.3) is 0 Å². The quantitative estimate of drug-likeness (QED) is 0.918. The van der Waals surface area contributed by atoms with Gasteiger partial charge in [-0.1, -0.05) is 0 Å². The first kappa shape index (κ1) is 13.6. The van der Waals surface area contributed by atoms with Gasteiger partial charge >= 0.3 is 0 Å². The van der Waals surface area contributed by atoms with E-state index >= 15 is 0 Å². The van der Waals surface area contributed by atoms with Crippen LogP contribution in [0.4, 0.5) is 0 Å². The van der Waals surface area contributed by atoms with Crippen LogP contribution in [-0.2, 0) is 13.6 Å². The van der Waals surface area contributed by atoms with Crippen molar-refractivity contribution in [3.8, 4) is 17.1 Å². The van der Waals surface area contributed by atoms with E-state index in [-0.39, 0.29) is 6.10 Å². The number of nitrogens with two attached hydrogens (primary N) is 1. The Hall–Kier alpha value is -1.81. The predicted molar refractivity (Wildman–Crippen MR) is 77.0 cm³/mol. The maximum absolute atomic E-state index is 5.74. The molecule has 102 valence electrons. The molecule has 0 saturated carbocycles. The molecule has 0 amide bonds. The number of aryl methyl sites for hydroxylation is 1. The van der Waals surface area contributed by atoms with Crippen molar-refractivity contribution in [2.45, 2.75) is 33.4 Å². The summed E-state index contributed by atoms with van der Waals surface area (Å²) in [4.78, 5) is 4.58. The molecule has 0 aliphatic heterocycles. The standard InChI is InChI=1S/C15H21N3O/c1-10(2)19-13-7-5-12(6-8-13)15-17-11(3)14(9-16)18(15)4/h5-8,10H,9,16H2,1-4H3. The van der Waals surface area contributed by atoms with E-state index < -0.39 is 0 Å². The maximum Gasteiger partial charge on any atom is 0.140 e. The van der Waals surface area contributed by atoms with E-state index in [1.54, 1.807) is 0 Å². The Kier molecular flexibility index (Phi) is 3.90. The molecular formula is C15H21N3O. The Morgan fingerprint density at radius 2 is 1.89 bits per heavy atom. The van der Waals surface area contributed by atoms with E-state index in [1.165, 1.54) is 0 Å². The summed E-state index contributed by atoms with van der Waals surface area (Å²) in [5, 5.41) is 0. The first-order chi connectivity index (χ1) is 9.02. The highest BCUT2D eigenvalue weighted by Gasteiger charge is 2.11. The Bertz CT molecular complexity index is 556. The van der Waals surface area contributed by atoms with Crippen LogP contribution in [0.5, 0.6) is 5.75 Å². The van der Waals surface area contributed by atoms with Crippen LogP contribution in [-0.4, -0.2) is 15.7 Å². The van der Waals surface area contributed by atoms with Crippen LogP contribution in [0, 0.1) is 6.92 Å². The third-order valence-electron chi connectivity index (χ3n) is 3.09. The van der Waals surface area contributed by atoms with E-state index in [4.69, 9.17) is 10.5 Å². The van der Waals surface area contributed by atoms with Crippen molar-refractivity contribution in [2.24, 2.45) is 12.8 Å². The second-order valence-electron chi connectivity index (χ2n) is 4.92. The van der Waals surface area contributed by atoms with Crippen LogP contribution in [0.1, 0.15) is 25.2 Å². The summed E-state index contributed by atoms with van der Waals surface area (Å²) in [7, 11) is 2.00. The van der Waals surface area contributed by atoms with E-state index in [0.29, 0.717) is 6.54 Å². The molecule has 0 fully saturated rings. The average Bonchev–Trinajstić information content (AvgIpc) is 2.64. The van der Waals surface area contributed by atoms with Gasteiger partial charge in [-0.05, 0) is 45.0 Å². The lowest BCUT2D eigenvalue weighted by molar-refractivity contribution is 0.242. The molecule has 1 aromatic heterocycles. The van der Waals surface area contributed by atoms with Crippen LogP contribution >= 0.6 is 0 Å². The minimum atomic E-state index is 0.185. The first-order valence-electron chi connectivity index (χ1n) is 6.52. The van der Waals surface area contributed by atoms with Gasteiger partial charge in [0.2, 0.25) is 0 Å². The van der Waals surface area contributed by atoms with Gasteiger partial charge in [-0.3, -0.25) is 0 Å². The summed E-state index contributed by atoms with van der Waals surface area (Å²) >= 11 is 0. The van der Waals surface area contributed by atoms with E-state index in [9.17, 15) is 0 Å². The van der Waals surface area contributed by atoms with Crippen LogP contribution in [0.15, 0.2) is 24.3 Å². The Labute approximate surface area is 114 Å². The zero-order chi connectivity index (χ0) is 14.0. The molecule has 19 heavy (non-hydrogen) atoms. The Morgan fingerprint density at radius 3 is 2.37 bits per heavy atom. The monoisotopic (exact) mass is 259 g/mol. The number of ether oxygens (including phenoxy) is 1. The minimum Gasteiger partial charge on any atom is -0.491 e. The Balaban J connectivity index is 2.32. The molecule has 0 bridgehead atoms. The van der Waals surface area contributed by atoms with Crippen molar-refractivity contribution in [3.05, 3.63) is 35.7 Å². The summed E-state index contributed by atoms with van der Waals surface area (Å²) in [5.74, 6) is 1.82. The van der Waals surface area contributed by atoms with Gasteiger partial charge < -0.3 is 15.0 Å². The van der Waals surface area contributed by atoms with Gasteiger partial charge in [0.15, 0.2) is 0 Å². The second-order valence-corrected chi connectivity index (χ2v) is 4.92. The maximum atomic E-state index is 5.74. The number of benzene rings is 1. The van der Waals surface area contributed by atoms with Crippen molar-refractivity contribution in [3.63, 3.8) is 0 Å². The highest BCUT2D eigenvalue weighted by Crippen LogP contribution is 2.24. The van der Waals surface area contributed by atoms with Gasteiger partial charge in [-0.2, -0.15) is 0 Å². The second kappa shape index (κ2) is 5.45. The summed E-state index contributed by atoms with van der Waals surface area (Å²) in [6.45, 7) is 6.53. The van der Waals surface area contributed by atoms with E-state index in [0.717, 1.165) is 28.5 Å². The molecule has 2 rings (SSSR count). The summed E-state index contributed by atoms with van der Waals surface area (Å²) in [6.07, 6.45) is 0.185. The molecule has 1 heterocycles. The molecule has 0 unspecified atom stereocenters. The molecule has 4 nitrogen and oxygen atoms in total. The third-order valence-corrected chi connectivity index (χ3v) is 3.09.